The summed E-state index contributed by atoms with van der Waals surface area (Å²) in [6.07, 6.45) is 3.21. The molecule has 1 aromatic rings. The zero-order valence-electron chi connectivity index (χ0n) is 5.24. The van der Waals surface area contributed by atoms with Crippen LogP contribution in [0, 0.1) is 0 Å². The Morgan fingerprint density at radius 1 is 1.80 bits per heavy atom. The van der Waals surface area contributed by atoms with Crippen molar-refractivity contribution in [1.82, 2.24) is 4.98 Å². The van der Waals surface area contributed by atoms with Crippen LogP contribution in [0.1, 0.15) is 11.6 Å². The van der Waals surface area contributed by atoms with Crippen LogP contribution in [0.25, 0.3) is 0 Å². The number of aromatic nitrogens is 1. The van der Waals surface area contributed by atoms with Crippen molar-refractivity contribution in [1.29, 1.82) is 0 Å². The van der Waals surface area contributed by atoms with E-state index in [0.29, 0.717) is 5.56 Å². The Morgan fingerprint density at radius 3 is 2.90 bits per heavy atom. The molecule has 1 atom stereocenters. The molecule has 4 N–H and O–H groups in total. The van der Waals surface area contributed by atoms with Gasteiger partial charge < -0.3 is 15.8 Å². The van der Waals surface area contributed by atoms with Crippen LogP contribution in [0.15, 0.2) is 18.5 Å². The van der Waals surface area contributed by atoms with Crippen LogP contribution in [0.5, 0.6) is 0 Å². The van der Waals surface area contributed by atoms with Gasteiger partial charge in [0.15, 0.2) is 0 Å². The zero-order chi connectivity index (χ0) is 7.56. The number of H-pyrrole nitrogens is 1. The minimum atomic E-state index is -1.01. The average molecular weight is 140 g/mol. The van der Waals surface area contributed by atoms with Crippen molar-refractivity contribution >= 4 is 5.97 Å². The van der Waals surface area contributed by atoms with Crippen molar-refractivity contribution in [3.05, 3.63) is 24.0 Å². The van der Waals surface area contributed by atoms with Crippen LogP contribution in [-0.2, 0) is 4.79 Å². The van der Waals surface area contributed by atoms with E-state index in [2.05, 4.69) is 4.98 Å². The first kappa shape index (κ1) is 6.82. The highest BCUT2D eigenvalue weighted by Crippen LogP contribution is 2.07. The van der Waals surface area contributed by atoms with E-state index in [0.717, 1.165) is 0 Å². The predicted octanol–water partition coefficient (Wildman–Crippen LogP) is 0.0991. The topological polar surface area (TPSA) is 79.1 Å². The molecule has 4 nitrogen and oxygen atoms in total. The maximum absolute atomic E-state index is 10.3. The van der Waals surface area contributed by atoms with Gasteiger partial charge in [0, 0.05) is 12.4 Å². The Kier molecular flexibility index (Phi) is 1.73. The Bertz CT molecular complexity index is 218. The van der Waals surface area contributed by atoms with Gasteiger partial charge in [-0.1, -0.05) is 0 Å². The fourth-order valence-electron chi connectivity index (χ4n) is 0.673. The fourth-order valence-corrected chi connectivity index (χ4v) is 0.673. The number of nitrogens with one attached hydrogen (secondary N) is 1. The van der Waals surface area contributed by atoms with Crippen molar-refractivity contribution in [2.75, 3.05) is 0 Å². The minimum absolute atomic E-state index is 0.590. The van der Waals surface area contributed by atoms with Gasteiger partial charge in [-0.2, -0.15) is 0 Å². The van der Waals surface area contributed by atoms with Crippen molar-refractivity contribution in [2.45, 2.75) is 6.04 Å². The molecular weight excluding hydrogens is 132 g/mol. The lowest BCUT2D eigenvalue weighted by Gasteiger charge is -2.00. The Labute approximate surface area is 57.7 Å². The number of carbonyl (C=O) groups is 1. The second-order valence-electron chi connectivity index (χ2n) is 1.96. The highest BCUT2D eigenvalue weighted by atomic mass is 16.4. The highest BCUT2D eigenvalue weighted by Gasteiger charge is 2.13. The van der Waals surface area contributed by atoms with Gasteiger partial charge >= 0.3 is 5.97 Å². The quantitative estimate of drug-likeness (QED) is 0.545. The van der Waals surface area contributed by atoms with Crippen LogP contribution >= 0.6 is 0 Å². The van der Waals surface area contributed by atoms with E-state index >= 15 is 0 Å². The summed E-state index contributed by atoms with van der Waals surface area (Å²) in [5.74, 6) is -1.01. The maximum Gasteiger partial charge on any atom is 0.325 e. The van der Waals surface area contributed by atoms with Gasteiger partial charge in [0.2, 0.25) is 0 Å². The first-order chi connectivity index (χ1) is 4.72. The standard InChI is InChI=1S/C6H8N2O2/c7-5(6(9)10)4-1-2-8-3-4/h1-3,5,8H,7H2,(H,9,10). The summed E-state index contributed by atoms with van der Waals surface area (Å²) >= 11 is 0. The van der Waals surface area contributed by atoms with E-state index in [1.165, 1.54) is 0 Å². The molecule has 0 aliphatic carbocycles. The van der Waals surface area contributed by atoms with Crippen LogP contribution in [-0.4, -0.2) is 16.1 Å². The predicted molar refractivity (Wildman–Crippen MR) is 35.4 cm³/mol. The fraction of sp³-hybridized carbons (Fsp3) is 0.167. The van der Waals surface area contributed by atoms with Crippen molar-refractivity contribution < 1.29 is 9.90 Å². The number of aliphatic carboxylic acids is 1. The molecule has 10 heavy (non-hydrogen) atoms. The average Bonchev–Trinajstić information content (AvgIpc) is 2.36. The Balaban J connectivity index is 2.77. The zero-order valence-corrected chi connectivity index (χ0v) is 5.24. The lowest BCUT2D eigenvalue weighted by Crippen LogP contribution is -2.19. The summed E-state index contributed by atoms with van der Waals surface area (Å²) < 4.78 is 0. The molecule has 1 heterocycles. The molecule has 0 saturated heterocycles. The van der Waals surface area contributed by atoms with Crippen LogP contribution < -0.4 is 5.73 Å². The number of nitrogens with two attached hydrogens (primary N) is 1. The third-order valence-corrected chi connectivity index (χ3v) is 1.25. The molecule has 0 radical (unpaired) electrons. The molecule has 0 spiro atoms. The van der Waals surface area contributed by atoms with E-state index in [1.54, 1.807) is 18.5 Å². The smallest absolute Gasteiger partial charge is 0.325 e. The molecule has 1 aromatic heterocycles. The van der Waals surface area contributed by atoms with Crippen molar-refractivity contribution in [2.24, 2.45) is 5.73 Å². The molecule has 1 unspecified atom stereocenters. The van der Waals surface area contributed by atoms with Gasteiger partial charge in [-0.05, 0) is 11.6 Å². The van der Waals surface area contributed by atoms with Crippen LogP contribution in [0.4, 0.5) is 0 Å². The summed E-state index contributed by atoms with van der Waals surface area (Å²) in [5, 5.41) is 8.41. The van der Waals surface area contributed by atoms with E-state index < -0.39 is 12.0 Å². The van der Waals surface area contributed by atoms with Gasteiger partial charge in [0.05, 0.1) is 0 Å². The lowest BCUT2D eigenvalue weighted by atomic mass is 10.2. The Hall–Kier alpha value is -1.29. The first-order valence-corrected chi connectivity index (χ1v) is 2.83. The monoisotopic (exact) mass is 140 g/mol. The second-order valence-corrected chi connectivity index (χ2v) is 1.96. The molecule has 0 aliphatic rings. The molecule has 54 valence electrons. The van der Waals surface area contributed by atoms with Gasteiger partial charge in [0.1, 0.15) is 6.04 Å². The van der Waals surface area contributed by atoms with Gasteiger partial charge in [0.25, 0.3) is 0 Å². The minimum Gasteiger partial charge on any atom is -0.480 e. The van der Waals surface area contributed by atoms with E-state index in [9.17, 15) is 4.79 Å². The summed E-state index contributed by atoms with van der Waals surface area (Å²) in [6.45, 7) is 0. The normalized spacial score (nSPS) is 12.9. The summed E-state index contributed by atoms with van der Waals surface area (Å²) in [7, 11) is 0. The molecule has 0 amide bonds. The van der Waals surface area contributed by atoms with Gasteiger partial charge in [-0.3, -0.25) is 4.79 Å². The summed E-state index contributed by atoms with van der Waals surface area (Å²) in [5.41, 5.74) is 5.85. The number of rotatable bonds is 2. The molecule has 0 aromatic carbocycles. The number of carboxylic acids is 1. The van der Waals surface area contributed by atoms with E-state index in [4.69, 9.17) is 10.8 Å². The lowest BCUT2D eigenvalue weighted by molar-refractivity contribution is -0.138. The summed E-state index contributed by atoms with van der Waals surface area (Å²) in [4.78, 5) is 13.0. The molecule has 0 fully saturated rings. The van der Waals surface area contributed by atoms with Crippen LogP contribution in [0.3, 0.4) is 0 Å². The van der Waals surface area contributed by atoms with E-state index in [1.807, 2.05) is 0 Å². The third kappa shape index (κ3) is 1.16. The molecule has 0 bridgehead atoms. The molecular formula is C6H8N2O2. The highest BCUT2D eigenvalue weighted by molar-refractivity contribution is 5.74. The summed E-state index contributed by atoms with van der Waals surface area (Å²) in [6, 6.07) is 0.727. The molecule has 0 saturated carbocycles. The SMILES string of the molecule is NC(C(=O)O)c1cc[nH]c1. The second kappa shape index (κ2) is 2.53. The number of aromatic amines is 1. The van der Waals surface area contributed by atoms with E-state index in [-0.39, 0.29) is 0 Å². The van der Waals surface area contributed by atoms with Gasteiger partial charge in [-0.25, -0.2) is 0 Å². The van der Waals surface area contributed by atoms with Crippen molar-refractivity contribution in [3.63, 3.8) is 0 Å². The van der Waals surface area contributed by atoms with Crippen LogP contribution in [0.2, 0.25) is 0 Å². The number of hydrogen-bond donors (Lipinski definition) is 3. The van der Waals surface area contributed by atoms with Gasteiger partial charge in [-0.15, -0.1) is 0 Å². The molecule has 4 heteroatoms. The number of hydrogen-bond acceptors (Lipinski definition) is 2. The largest absolute Gasteiger partial charge is 0.480 e. The maximum atomic E-state index is 10.3. The van der Waals surface area contributed by atoms with Crippen molar-refractivity contribution in [3.8, 4) is 0 Å². The first-order valence-electron chi connectivity index (χ1n) is 2.83. The molecule has 0 aliphatic heterocycles. The third-order valence-electron chi connectivity index (χ3n) is 1.25. The molecule has 1 rings (SSSR count). The Morgan fingerprint density at radius 2 is 2.50 bits per heavy atom. The number of carboxylic acid groups (broad SMARTS) is 1.